The minimum atomic E-state index is -0.0382. The molecular formula is C14H16BrN3. The minimum absolute atomic E-state index is 0.0382. The SMILES string of the molecule is Cc1ccc(C(N)Cc2ccnc(N)c2)cc1Br. The number of pyridine rings is 1. The molecule has 0 saturated carbocycles. The van der Waals surface area contributed by atoms with E-state index in [9.17, 15) is 0 Å². The van der Waals surface area contributed by atoms with Crippen molar-refractivity contribution < 1.29 is 0 Å². The number of nitrogens with two attached hydrogens (primary N) is 2. The molecule has 0 radical (unpaired) electrons. The first-order valence-electron chi connectivity index (χ1n) is 5.78. The standard InChI is InChI=1S/C14H16BrN3/c1-9-2-3-11(8-12(9)15)13(16)6-10-4-5-18-14(17)7-10/h2-5,7-8,13H,6,16H2,1H3,(H2,17,18). The van der Waals surface area contributed by atoms with Crippen LogP contribution in [0.1, 0.15) is 22.7 Å². The highest BCUT2D eigenvalue weighted by Crippen LogP contribution is 2.23. The molecule has 4 heteroatoms. The van der Waals surface area contributed by atoms with Crippen LogP contribution in [-0.4, -0.2) is 4.98 Å². The van der Waals surface area contributed by atoms with Crippen LogP contribution in [0.4, 0.5) is 5.82 Å². The number of anilines is 1. The van der Waals surface area contributed by atoms with Crippen molar-refractivity contribution in [2.24, 2.45) is 5.73 Å². The number of aryl methyl sites for hydroxylation is 1. The molecule has 0 aliphatic rings. The first-order chi connectivity index (χ1) is 8.56. The van der Waals surface area contributed by atoms with Gasteiger partial charge in [-0.25, -0.2) is 4.98 Å². The first kappa shape index (κ1) is 13.1. The summed E-state index contributed by atoms with van der Waals surface area (Å²) in [6.07, 6.45) is 2.46. The predicted molar refractivity (Wildman–Crippen MR) is 78.2 cm³/mol. The summed E-state index contributed by atoms with van der Waals surface area (Å²) >= 11 is 3.53. The third-order valence-electron chi connectivity index (χ3n) is 2.93. The second kappa shape index (κ2) is 5.50. The lowest BCUT2D eigenvalue weighted by molar-refractivity contribution is 0.720. The molecule has 2 rings (SSSR count). The second-order valence-corrected chi connectivity index (χ2v) is 5.26. The fourth-order valence-electron chi connectivity index (χ4n) is 1.83. The van der Waals surface area contributed by atoms with E-state index in [2.05, 4.69) is 46.0 Å². The van der Waals surface area contributed by atoms with E-state index in [1.165, 1.54) is 5.56 Å². The normalized spacial score (nSPS) is 12.4. The summed E-state index contributed by atoms with van der Waals surface area (Å²) in [5.41, 5.74) is 15.3. The smallest absolute Gasteiger partial charge is 0.123 e. The summed E-state index contributed by atoms with van der Waals surface area (Å²) in [7, 11) is 0. The summed E-state index contributed by atoms with van der Waals surface area (Å²) in [4.78, 5) is 3.98. The van der Waals surface area contributed by atoms with Gasteiger partial charge in [0.05, 0.1) is 0 Å². The minimum Gasteiger partial charge on any atom is -0.384 e. The Balaban J connectivity index is 2.16. The molecule has 1 aromatic heterocycles. The van der Waals surface area contributed by atoms with Crippen LogP contribution in [0.15, 0.2) is 41.0 Å². The third kappa shape index (κ3) is 3.09. The molecule has 1 aromatic carbocycles. The number of nitrogen functional groups attached to an aromatic ring is 1. The van der Waals surface area contributed by atoms with Gasteiger partial charge in [-0.1, -0.05) is 28.1 Å². The quantitative estimate of drug-likeness (QED) is 0.916. The number of hydrogen-bond donors (Lipinski definition) is 2. The van der Waals surface area contributed by atoms with Crippen molar-refractivity contribution in [2.75, 3.05) is 5.73 Å². The van der Waals surface area contributed by atoms with Gasteiger partial charge in [0.2, 0.25) is 0 Å². The molecular weight excluding hydrogens is 290 g/mol. The molecule has 1 heterocycles. The summed E-state index contributed by atoms with van der Waals surface area (Å²) in [6.45, 7) is 2.06. The molecule has 0 amide bonds. The monoisotopic (exact) mass is 305 g/mol. The number of halogens is 1. The fraction of sp³-hybridized carbons (Fsp3) is 0.214. The van der Waals surface area contributed by atoms with Gasteiger partial charge >= 0.3 is 0 Å². The van der Waals surface area contributed by atoms with Gasteiger partial charge in [-0.2, -0.15) is 0 Å². The van der Waals surface area contributed by atoms with Crippen LogP contribution in [0.5, 0.6) is 0 Å². The Bertz CT molecular complexity index is 554. The molecule has 0 fully saturated rings. The molecule has 0 aliphatic heterocycles. The Hall–Kier alpha value is -1.39. The van der Waals surface area contributed by atoms with Gasteiger partial charge in [0.1, 0.15) is 5.82 Å². The number of aromatic nitrogens is 1. The van der Waals surface area contributed by atoms with Crippen LogP contribution in [-0.2, 0) is 6.42 Å². The molecule has 2 aromatic rings. The number of rotatable bonds is 3. The van der Waals surface area contributed by atoms with E-state index in [1.807, 2.05) is 12.1 Å². The first-order valence-corrected chi connectivity index (χ1v) is 6.57. The second-order valence-electron chi connectivity index (χ2n) is 4.41. The van der Waals surface area contributed by atoms with Crippen LogP contribution in [0.3, 0.4) is 0 Å². The Morgan fingerprint density at radius 2 is 2.06 bits per heavy atom. The predicted octanol–water partition coefficient (Wildman–Crippen LogP) is 2.98. The van der Waals surface area contributed by atoms with Gasteiger partial charge < -0.3 is 11.5 Å². The average molecular weight is 306 g/mol. The number of benzene rings is 1. The Labute approximate surface area is 115 Å². The molecule has 0 bridgehead atoms. The lowest BCUT2D eigenvalue weighted by atomic mass is 9.99. The molecule has 4 N–H and O–H groups in total. The third-order valence-corrected chi connectivity index (χ3v) is 3.78. The van der Waals surface area contributed by atoms with Crippen molar-refractivity contribution in [3.8, 4) is 0 Å². The van der Waals surface area contributed by atoms with Crippen LogP contribution < -0.4 is 11.5 Å². The van der Waals surface area contributed by atoms with Gasteiger partial charge in [-0.3, -0.25) is 0 Å². The van der Waals surface area contributed by atoms with Crippen molar-refractivity contribution in [3.63, 3.8) is 0 Å². The molecule has 0 spiro atoms. The van der Waals surface area contributed by atoms with Crippen molar-refractivity contribution in [2.45, 2.75) is 19.4 Å². The highest BCUT2D eigenvalue weighted by Gasteiger charge is 2.08. The number of nitrogens with zero attached hydrogens (tertiary/aromatic N) is 1. The Morgan fingerprint density at radius 1 is 1.28 bits per heavy atom. The zero-order valence-electron chi connectivity index (χ0n) is 10.2. The van der Waals surface area contributed by atoms with E-state index < -0.39 is 0 Å². The Morgan fingerprint density at radius 3 is 2.72 bits per heavy atom. The van der Waals surface area contributed by atoms with Crippen LogP contribution in [0.25, 0.3) is 0 Å². The maximum absolute atomic E-state index is 6.21. The van der Waals surface area contributed by atoms with Gasteiger partial charge in [-0.15, -0.1) is 0 Å². The highest BCUT2D eigenvalue weighted by molar-refractivity contribution is 9.10. The summed E-state index contributed by atoms with van der Waals surface area (Å²) in [5, 5.41) is 0. The maximum atomic E-state index is 6.21. The van der Waals surface area contributed by atoms with Gasteiger partial charge in [0, 0.05) is 16.7 Å². The van der Waals surface area contributed by atoms with Crippen molar-refractivity contribution >= 4 is 21.7 Å². The van der Waals surface area contributed by atoms with E-state index in [0.717, 1.165) is 22.0 Å². The molecule has 1 unspecified atom stereocenters. The Kier molecular flexibility index (Phi) is 3.99. The molecule has 94 valence electrons. The maximum Gasteiger partial charge on any atom is 0.123 e. The lowest BCUT2D eigenvalue weighted by Gasteiger charge is -2.13. The number of hydrogen-bond acceptors (Lipinski definition) is 3. The zero-order chi connectivity index (χ0) is 13.1. The molecule has 3 nitrogen and oxygen atoms in total. The lowest BCUT2D eigenvalue weighted by Crippen LogP contribution is -2.13. The molecule has 0 saturated heterocycles. The van der Waals surface area contributed by atoms with E-state index in [0.29, 0.717) is 5.82 Å². The topological polar surface area (TPSA) is 64.9 Å². The van der Waals surface area contributed by atoms with E-state index >= 15 is 0 Å². The summed E-state index contributed by atoms with van der Waals surface area (Å²) < 4.78 is 1.09. The fourth-order valence-corrected chi connectivity index (χ4v) is 2.23. The van der Waals surface area contributed by atoms with E-state index in [4.69, 9.17) is 11.5 Å². The van der Waals surface area contributed by atoms with E-state index in [-0.39, 0.29) is 6.04 Å². The highest BCUT2D eigenvalue weighted by atomic mass is 79.9. The molecule has 18 heavy (non-hydrogen) atoms. The van der Waals surface area contributed by atoms with Crippen LogP contribution >= 0.6 is 15.9 Å². The van der Waals surface area contributed by atoms with Crippen molar-refractivity contribution in [1.29, 1.82) is 0 Å². The molecule has 0 aliphatic carbocycles. The van der Waals surface area contributed by atoms with Crippen LogP contribution in [0.2, 0.25) is 0 Å². The van der Waals surface area contributed by atoms with Crippen molar-refractivity contribution in [1.82, 2.24) is 4.98 Å². The summed E-state index contributed by atoms with van der Waals surface area (Å²) in [6, 6.07) is 9.98. The largest absolute Gasteiger partial charge is 0.384 e. The molecule has 1 atom stereocenters. The summed E-state index contributed by atoms with van der Waals surface area (Å²) in [5.74, 6) is 0.532. The van der Waals surface area contributed by atoms with Crippen LogP contribution in [0, 0.1) is 6.92 Å². The van der Waals surface area contributed by atoms with Gasteiger partial charge in [-0.05, 0) is 48.2 Å². The van der Waals surface area contributed by atoms with Crippen molar-refractivity contribution in [3.05, 3.63) is 57.7 Å². The zero-order valence-corrected chi connectivity index (χ0v) is 11.8. The van der Waals surface area contributed by atoms with E-state index in [1.54, 1.807) is 6.20 Å². The average Bonchev–Trinajstić information content (AvgIpc) is 2.32. The van der Waals surface area contributed by atoms with Gasteiger partial charge in [0.15, 0.2) is 0 Å². The van der Waals surface area contributed by atoms with Gasteiger partial charge in [0.25, 0.3) is 0 Å².